The van der Waals surface area contributed by atoms with Crippen molar-refractivity contribution in [2.45, 2.75) is 45.6 Å². The second-order valence-corrected chi connectivity index (χ2v) is 8.95. The number of carbonyl (C=O) groups excluding carboxylic acids is 1. The molecule has 8 nitrogen and oxygen atoms in total. The molecule has 0 bridgehead atoms. The molecule has 0 radical (unpaired) electrons. The van der Waals surface area contributed by atoms with Crippen LogP contribution in [0.3, 0.4) is 0 Å². The lowest BCUT2D eigenvalue weighted by molar-refractivity contribution is -0.163. The van der Waals surface area contributed by atoms with Gasteiger partial charge in [-0.1, -0.05) is 6.07 Å². The summed E-state index contributed by atoms with van der Waals surface area (Å²) in [5.41, 5.74) is 1.28. The predicted octanol–water partition coefficient (Wildman–Crippen LogP) is 3.53. The highest BCUT2D eigenvalue weighted by Crippen LogP contribution is 2.24. The van der Waals surface area contributed by atoms with Crippen molar-refractivity contribution in [1.29, 1.82) is 0 Å². The van der Waals surface area contributed by atoms with Gasteiger partial charge in [-0.2, -0.15) is 0 Å². The smallest absolute Gasteiger partial charge is 0.410 e. The van der Waals surface area contributed by atoms with Gasteiger partial charge in [0.1, 0.15) is 18.0 Å². The van der Waals surface area contributed by atoms with Crippen molar-refractivity contribution in [2.75, 3.05) is 51.3 Å². The monoisotopic (exact) mass is 438 g/mol. The first-order chi connectivity index (χ1) is 14.5. The molecule has 0 aromatic carbocycles. The van der Waals surface area contributed by atoms with E-state index in [-0.39, 0.29) is 12.2 Å². The van der Waals surface area contributed by atoms with Crippen molar-refractivity contribution >= 4 is 24.1 Å². The number of piperidine rings is 1. The Bertz CT molecular complexity index is 645. The third-order valence-electron chi connectivity index (χ3n) is 5.63. The summed E-state index contributed by atoms with van der Waals surface area (Å²) in [4.78, 5) is 25.5. The number of nitrogens with zero attached hydrogens (tertiary/aromatic N) is 4. The van der Waals surface area contributed by atoms with Crippen molar-refractivity contribution in [3.8, 4) is 0 Å². The molecular formula is C21H34N4O4S. The van der Waals surface area contributed by atoms with Crippen molar-refractivity contribution in [2.24, 2.45) is 5.92 Å². The number of carbonyl (C=O) groups is 1. The van der Waals surface area contributed by atoms with Crippen molar-refractivity contribution in [3.05, 3.63) is 23.9 Å². The minimum Gasteiger partial charge on any atom is -0.447 e. The molecule has 2 fully saturated rings. The first kappa shape index (κ1) is 23.1. The van der Waals surface area contributed by atoms with E-state index in [1.54, 1.807) is 0 Å². The summed E-state index contributed by atoms with van der Waals surface area (Å²) in [5, 5.41) is 0. The van der Waals surface area contributed by atoms with E-state index in [0.29, 0.717) is 5.92 Å². The van der Waals surface area contributed by atoms with Gasteiger partial charge >= 0.3 is 6.09 Å². The Kier molecular flexibility index (Phi) is 9.05. The largest absolute Gasteiger partial charge is 0.447 e. The van der Waals surface area contributed by atoms with Gasteiger partial charge in [-0.3, -0.25) is 0 Å². The van der Waals surface area contributed by atoms with Gasteiger partial charge in [0.2, 0.25) is 0 Å². The van der Waals surface area contributed by atoms with E-state index in [9.17, 15) is 4.79 Å². The first-order valence-corrected chi connectivity index (χ1v) is 11.5. The molecule has 30 heavy (non-hydrogen) atoms. The second kappa shape index (κ2) is 11.7. The molecule has 1 aromatic heterocycles. The Labute approximate surface area is 184 Å². The minimum atomic E-state index is -0.172. The van der Waals surface area contributed by atoms with E-state index in [1.165, 1.54) is 24.9 Å². The van der Waals surface area contributed by atoms with Gasteiger partial charge in [0.05, 0.1) is 13.2 Å². The summed E-state index contributed by atoms with van der Waals surface area (Å²) < 4.78 is 12.4. The maximum Gasteiger partial charge on any atom is 0.410 e. The van der Waals surface area contributed by atoms with Crippen LogP contribution in [0.1, 0.15) is 38.7 Å². The Morgan fingerprint density at radius 2 is 1.90 bits per heavy atom. The molecule has 0 aliphatic carbocycles. The topological polar surface area (TPSA) is 67.4 Å². The fraction of sp³-hybridized carbons (Fsp3) is 0.714. The SMILES string of the molecule is COOSN1CCN(c2ccc(CCC3CCN(C(=O)OC(C)C)CC3)cn2)CC1. The Morgan fingerprint density at radius 3 is 2.50 bits per heavy atom. The zero-order chi connectivity index (χ0) is 21.3. The van der Waals surface area contributed by atoms with Gasteiger partial charge in [-0.15, -0.1) is 4.33 Å². The van der Waals surface area contributed by atoms with Gasteiger partial charge < -0.3 is 14.5 Å². The molecule has 1 amide bonds. The lowest BCUT2D eigenvalue weighted by Gasteiger charge is -2.33. The summed E-state index contributed by atoms with van der Waals surface area (Å²) >= 11 is 1.26. The van der Waals surface area contributed by atoms with E-state index >= 15 is 0 Å². The van der Waals surface area contributed by atoms with Crippen molar-refractivity contribution in [1.82, 2.24) is 14.2 Å². The maximum atomic E-state index is 12.0. The van der Waals surface area contributed by atoms with Crippen molar-refractivity contribution in [3.63, 3.8) is 0 Å². The van der Waals surface area contributed by atoms with Crippen LogP contribution in [0.5, 0.6) is 0 Å². The lowest BCUT2D eigenvalue weighted by Crippen LogP contribution is -2.43. The summed E-state index contributed by atoms with van der Waals surface area (Å²) in [7, 11) is 1.52. The zero-order valence-electron chi connectivity index (χ0n) is 18.3. The first-order valence-electron chi connectivity index (χ1n) is 10.8. The number of hydrogen-bond acceptors (Lipinski definition) is 8. The fourth-order valence-corrected chi connectivity index (χ4v) is 4.33. The van der Waals surface area contributed by atoms with Crippen LogP contribution < -0.4 is 4.90 Å². The molecule has 168 valence electrons. The van der Waals surface area contributed by atoms with Crippen LogP contribution in [0.25, 0.3) is 0 Å². The van der Waals surface area contributed by atoms with Crippen LogP contribution in [0.15, 0.2) is 18.3 Å². The van der Waals surface area contributed by atoms with Crippen LogP contribution in [-0.4, -0.2) is 72.8 Å². The quantitative estimate of drug-likeness (QED) is 0.264. The molecule has 3 heterocycles. The number of rotatable bonds is 8. The molecule has 9 heteroatoms. The third-order valence-corrected chi connectivity index (χ3v) is 6.40. The van der Waals surface area contributed by atoms with Crippen molar-refractivity contribution < 1.29 is 18.8 Å². The number of aromatic nitrogens is 1. The summed E-state index contributed by atoms with van der Waals surface area (Å²) in [6.45, 7) is 9.03. The number of hydrogen-bond donors (Lipinski definition) is 0. The van der Waals surface area contributed by atoms with E-state index < -0.39 is 0 Å². The maximum absolute atomic E-state index is 12.0. The number of aryl methyl sites for hydroxylation is 1. The molecule has 2 aliphatic rings. The number of piperazine rings is 1. The molecule has 2 aliphatic heterocycles. The number of ether oxygens (including phenoxy) is 1. The summed E-state index contributed by atoms with van der Waals surface area (Å²) in [6, 6.07) is 4.33. The molecule has 2 saturated heterocycles. The Hall–Kier alpha value is -1.55. The summed E-state index contributed by atoms with van der Waals surface area (Å²) in [6.07, 6.45) is 6.06. The average molecular weight is 439 g/mol. The number of pyridine rings is 1. The highest BCUT2D eigenvalue weighted by atomic mass is 32.2. The highest BCUT2D eigenvalue weighted by molar-refractivity contribution is 7.92. The Morgan fingerprint density at radius 1 is 1.17 bits per heavy atom. The van der Waals surface area contributed by atoms with E-state index in [2.05, 4.69) is 26.2 Å². The number of anilines is 1. The fourth-order valence-electron chi connectivity index (χ4n) is 3.87. The molecule has 0 saturated carbocycles. The minimum absolute atomic E-state index is 0.0573. The van der Waals surface area contributed by atoms with Gasteiger partial charge in [0.15, 0.2) is 0 Å². The van der Waals surface area contributed by atoms with Crippen LogP contribution >= 0.6 is 12.2 Å². The molecule has 3 rings (SSSR count). The molecule has 0 N–H and O–H groups in total. The van der Waals surface area contributed by atoms with Gasteiger partial charge in [0, 0.05) is 45.5 Å². The van der Waals surface area contributed by atoms with Crippen LogP contribution in [0, 0.1) is 5.92 Å². The second-order valence-electron chi connectivity index (χ2n) is 8.15. The van der Waals surface area contributed by atoms with Crippen LogP contribution in [0.2, 0.25) is 0 Å². The molecule has 0 unspecified atom stereocenters. The highest BCUT2D eigenvalue weighted by Gasteiger charge is 2.24. The molecule has 0 spiro atoms. The average Bonchev–Trinajstić information content (AvgIpc) is 2.77. The van der Waals surface area contributed by atoms with E-state index in [1.807, 2.05) is 24.9 Å². The molecule has 0 atom stereocenters. The normalized spacial score (nSPS) is 18.8. The molecule has 1 aromatic rings. The number of amides is 1. The van der Waals surface area contributed by atoms with E-state index in [0.717, 1.165) is 70.8 Å². The number of likely N-dealkylation sites (tertiary alicyclic amines) is 1. The Balaban J connectivity index is 1.37. The summed E-state index contributed by atoms with van der Waals surface area (Å²) in [5.74, 6) is 1.70. The van der Waals surface area contributed by atoms with E-state index in [4.69, 9.17) is 14.1 Å². The predicted molar refractivity (Wildman–Crippen MR) is 118 cm³/mol. The van der Waals surface area contributed by atoms with Gasteiger partial charge in [0.25, 0.3) is 0 Å². The molecular weight excluding hydrogens is 404 g/mol. The van der Waals surface area contributed by atoms with Gasteiger partial charge in [-0.25, -0.2) is 19.0 Å². The zero-order valence-corrected chi connectivity index (χ0v) is 19.1. The van der Waals surface area contributed by atoms with Gasteiger partial charge in [-0.05, 0) is 57.1 Å². The van der Waals surface area contributed by atoms with Crippen LogP contribution in [-0.2, 0) is 20.4 Å². The standard InChI is InChI=1S/C21H34N4O4S/c1-17(2)28-21(26)24-10-8-18(9-11-24)4-5-19-6-7-20(22-16-19)23-12-14-25(15-13-23)30-29-27-3/h6-7,16-18H,4-5,8-15H2,1-3H3. The third kappa shape index (κ3) is 7.01. The van der Waals surface area contributed by atoms with Crippen LogP contribution in [0.4, 0.5) is 10.6 Å². The lowest BCUT2D eigenvalue weighted by atomic mass is 9.91.